The van der Waals surface area contributed by atoms with Gasteiger partial charge in [-0.25, -0.2) is 4.68 Å². The molecule has 10 nitrogen and oxygen atoms in total. The summed E-state index contributed by atoms with van der Waals surface area (Å²) in [5, 5.41) is 29.7. The van der Waals surface area contributed by atoms with E-state index in [4.69, 9.17) is 4.74 Å². The van der Waals surface area contributed by atoms with Crippen LogP contribution in [0.4, 0.5) is 5.82 Å². The third-order valence-electron chi connectivity index (χ3n) is 7.18. The molecule has 1 aromatic carbocycles. The van der Waals surface area contributed by atoms with Crippen LogP contribution in [0.25, 0.3) is 22.2 Å². The second-order valence-electron chi connectivity index (χ2n) is 9.62. The van der Waals surface area contributed by atoms with Gasteiger partial charge in [-0.2, -0.15) is 10.2 Å². The van der Waals surface area contributed by atoms with Crippen LogP contribution in [0.5, 0.6) is 5.75 Å². The standard InChI is InChI=1S/C25H31N9O/c1-35-20-11-21(22-13-26-29-23(22)12-20)24-16-34(32-30-24)15-19-8-9-25(31-28-19)33-10-4-7-18(14-33)27-17-5-2-3-6-17/h8-9,11-13,16-18,27H,2-7,10,14-15H2,1H3,(H,26,29). The van der Waals surface area contributed by atoms with E-state index >= 15 is 0 Å². The van der Waals surface area contributed by atoms with Gasteiger partial charge in [-0.15, -0.1) is 10.2 Å². The fourth-order valence-electron chi connectivity index (χ4n) is 5.37. The highest BCUT2D eigenvalue weighted by molar-refractivity contribution is 5.94. The van der Waals surface area contributed by atoms with Crippen molar-refractivity contribution in [3.63, 3.8) is 0 Å². The summed E-state index contributed by atoms with van der Waals surface area (Å²) in [6.07, 6.45) is 11.5. The molecule has 3 aromatic heterocycles. The molecule has 4 heterocycles. The van der Waals surface area contributed by atoms with Crippen molar-refractivity contribution in [3.05, 3.63) is 42.4 Å². The Bertz CT molecular complexity index is 1280. The van der Waals surface area contributed by atoms with Crippen molar-refractivity contribution < 1.29 is 4.74 Å². The van der Waals surface area contributed by atoms with Gasteiger partial charge in [-0.3, -0.25) is 5.10 Å². The maximum atomic E-state index is 5.43. The molecule has 4 aromatic rings. The molecule has 182 valence electrons. The molecule has 2 N–H and O–H groups in total. The SMILES string of the molecule is COc1cc(-c2cn(Cc3ccc(N4CCCC(NC5CCCC5)C4)nn3)nn2)c2cn[nH]c2c1. The van der Waals surface area contributed by atoms with Crippen molar-refractivity contribution in [1.82, 2.24) is 40.7 Å². The van der Waals surface area contributed by atoms with E-state index in [0.29, 0.717) is 18.6 Å². The molecule has 1 saturated heterocycles. The Morgan fingerprint density at radius 3 is 2.77 bits per heavy atom. The molecule has 35 heavy (non-hydrogen) atoms. The number of rotatable bonds is 7. The van der Waals surface area contributed by atoms with Gasteiger partial charge in [-0.1, -0.05) is 18.1 Å². The van der Waals surface area contributed by atoms with Gasteiger partial charge in [0.05, 0.1) is 37.3 Å². The predicted octanol–water partition coefficient (Wildman–Crippen LogP) is 3.17. The summed E-state index contributed by atoms with van der Waals surface area (Å²) < 4.78 is 7.21. The van der Waals surface area contributed by atoms with Crippen LogP contribution in [0.2, 0.25) is 0 Å². The van der Waals surface area contributed by atoms with Gasteiger partial charge >= 0.3 is 0 Å². The van der Waals surface area contributed by atoms with Crippen molar-refractivity contribution >= 4 is 16.7 Å². The number of benzene rings is 1. The summed E-state index contributed by atoms with van der Waals surface area (Å²) in [7, 11) is 1.65. The second kappa shape index (κ2) is 9.61. The molecule has 2 fully saturated rings. The third kappa shape index (κ3) is 4.70. The number of H-pyrrole nitrogens is 1. The molecule has 1 aliphatic carbocycles. The first kappa shape index (κ1) is 22.0. The van der Waals surface area contributed by atoms with Crippen molar-refractivity contribution in [2.24, 2.45) is 0 Å². The Morgan fingerprint density at radius 2 is 1.94 bits per heavy atom. The molecule has 1 atom stereocenters. The second-order valence-corrected chi connectivity index (χ2v) is 9.62. The lowest BCUT2D eigenvalue weighted by Gasteiger charge is -2.35. The highest BCUT2D eigenvalue weighted by Gasteiger charge is 2.25. The number of aromatic amines is 1. The van der Waals surface area contributed by atoms with Crippen LogP contribution in [0.3, 0.4) is 0 Å². The number of piperidine rings is 1. The Morgan fingerprint density at radius 1 is 1.06 bits per heavy atom. The molecule has 1 aliphatic heterocycles. The Balaban J connectivity index is 1.13. The summed E-state index contributed by atoms with van der Waals surface area (Å²) in [4.78, 5) is 2.36. The molecule has 6 rings (SSSR count). The number of nitrogens with one attached hydrogen (secondary N) is 2. The lowest BCUT2D eigenvalue weighted by molar-refractivity contribution is 0.373. The molecule has 1 unspecified atom stereocenters. The summed E-state index contributed by atoms with van der Waals surface area (Å²) in [5.74, 6) is 1.69. The quantitative estimate of drug-likeness (QED) is 0.421. The van der Waals surface area contributed by atoms with E-state index in [1.54, 1.807) is 18.0 Å². The lowest BCUT2D eigenvalue weighted by Crippen LogP contribution is -2.48. The topological polar surface area (TPSA) is 110 Å². The zero-order valence-electron chi connectivity index (χ0n) is 20.0. The summed E-state index contributed by atoms with van der Waals surface area (Å²) in [5.41, 5.74) is 3.43. The van der Waals surface area contributed by atoms with E-state index in [-0.39, 0.29) is 0 Å². The van der Waals surface area contributed by atoms with Crippen molar-refractivity contribution in [2.45, 2.75) is 57.2 Å². The van der Waals surface area contributed by atoms with E-state index < -0.39 is 0 Å². The van der Waals surface area contributed by atoms with E-state index in [1.165, 1.54) is 38.5 Å². The van der Waals surface area contributed by atoms with Gasteiger partial charge in [0.1, 0.15) is 11.4 Å². The van der Waals surface area contributed by atoms with Gasteiger partial charge in [0.15, 0.2) is 5.82 Å². The zero-order chi connectivity index (χ0) is 23.6. The van der Waals surface area contributed by atoms with Gasteiger partial charge in [0, 0.05) is 42.2 Å². The fourth-order valence-corrected chi connectivity index (χ4v) is 5.37. The lowest BCUT2D eigenvalue weighted by atomic mass is 10.0. The normalized spacial score (nSPS) is 19.0. The average molecular weight is 474 g/mol. The smallest absolute Gasteiger partial charge is 0.151 e. The Labute approximate surface area is 204 Å². The van der Waals surface area contributed by atoms with Crippen molar-refractivity contribution in [3.8, 4) is 17.0 Å². The maximum absolute atomic E-state index is 5.43. The van der Waals surface area contributed by atoms with Crippen LogP contribution in [0, 0.1) is 0 Å². The predicted molar refractivity (Wildman–Crippen MR) is 133 cm³/mol. The van der Waals surface area contributed by atoms with E-state index in [0.717, 1.165) is 52.5 Å². The Hall–Kier alpha value is -3.53. The molecular weight excluding hydrogens is 442 g/mol. The van der Waals surface area contributed by atoms with Crippen LogP contribution in [0.15, 0.2) is 36.7 Å². The van der Waals surface area contributed by atoms with Crippen LogP contribution in [-0.2, 0) is 6.54 Å². The minimum Gasteiger partial charge on any atom is -0.497 e. The van der Waals surface area contributed by atoms with E-state index in [9.17, 15) is 0 Å². The first-order valence-corrected chi connectivity index (χ1v) is 12.5. The molecule has 0 amide bonds. The average Bonchev–Trinajstić information content (AvgIpc) is 3.66. The van der Waals surface area contributed by atoms with Crippen molar-refractivity contribution in [2.75, 3.05) is 25.1 Å². The number of hydrogen-bond donors (Lipinski definition) is 2. The number of aromatic nitrogens is 7. The highest BCUT2D eigenvalue weighted by Crippen LogP contribution is 2.31. The zero-order valence-corrected chi connectivity index (χ0v) is 20.0. The Kier molecular flexibility index (Phi) is 6.03. The maximum Gasteiger partial charge on any atom is 0.151 e. The minimum atomic E-state index is 0.505. The fraction of sp³-hybridized carbons (Fsp3) is 0.480. The molecule has 0 spiro atoms. The van der Waals surface area contributed by atoms with Gasteiger partial charge in [-0.05, 0) is 43.9 Å². The molecular formula is C25H31N9O. The molecule has 0 radical (unpaired) electrons. The number of nitrogens with zero attached hydrogens (tertiary/aromatic N) is 7. The number of methoxy groups -OCH3 is 1. The number of ether oxygens (including phenoxy) is 1. The summed E-state index contributed by atoms with van der Waals surface area (Å²) in [6.45, 7) is 2.54. The first-order valence-electron chi connectivity index (χ1n) is 12.5. The van der Waals surface area contributed by atoms with Crippen LogP contribution in [-0.4, -0.2) is 67.7 Å². The number of fused-ring (bicyclic) bond motifs is 1. The third-order valence-corrected chi connectivity index (χ3v) is 7.18. The molecule has 1 saturated carbocycles. The number of anilines is 1. The monoisotopic (exact) mass is 473 g/mol. The molecule has 2 aliphatic rings. The van der Waals surface area contributed by atoms with Crippen LogP contribution < -0.4 is 15.0 Å². The van der Waals surface area contributed by atoms with Crippen LogP contribution in [0.1, 0.15) is 44.2 Å². The summed E-state index contributed by atoms with van der Waals surface area (Å²) >= 11 is 0. The van der Waals surface area contributed by atoms with E-state index in [1.807, 2.05) is 24.4 Å². The minimum absolute atomic E-state index is 0.505. The number of hydrogen-bond acceptors (Lipinski definition) is 8. The molecule has 0 bridgehead atoms. The van der Waals surface area contributed by atoms with Crippen molar-refractivity contribution in [1.29, 1.82) is 0 Å². The van der Waals surface area contributed by atoms with Gasteiger partial charge in [0.25, 0.3) is 0 Å². The van der Waals surface area contributed by atoms with E-state index in [2.05, 4.69) is 47.0 Å². The first-order chi connectivity index (χ1) is 17.2. The van der Waals surface area contributed by atoms with Gasteiger partial charge < -0.3 is 15.0 Å². The molecule has 10 heteroatoms. The largest absolute Gasteiger partial charge is 0.497 e. The van der Waals surface area contributed by atoms with Crippen LogP contribution >= 0.6 is 0 Å². The summed E-state index contributed by atoms with van der Waals surface area (Å²) in [6, 6.07) is 9.23. The van der Waals surface area contributed by atoms with Gasteiger partial charge in [0.2, 0.25) is 0 Å². The highest BCUT2D eigenvalue weighted by atomic mass is 16.5.